The van der Waals surface area contributed by atoms with Crippen molar-refractivity contribution in [2.75, 3.05) is 40.5 Å². The zero-order valence-electron chi connectivity index (χ0n) is 13.2. The first-order valence-electron chi connectivity index (χ1n) is 7.53. The van der Waals surface area contributed by atoms with E-state index >= 15 is 0 Å². The molecule has 0 bridgehead atoms. The number of ether oxygens (including phenoxy) is 2. The van der Waals surface area contributed by atoms with Crippen LogP contribution in [0, 0.1) is 12.8 Å². The molecule has 1 aromatic rings. The summed E-state index contributed by atoms with van der Waals surface area (Å²) in [6.45, 7) is 5.47. The zero-order chi connectivity index (χ0) is 14.6. The number of aryl methyl sites for hydroxylation is 1. The highest BCUT2D eigenvalue weighted by Gasteiger charge is 2.10. The smallest absolute Gasteiger partial charge is 0.0700 e. The van der Waals surface area contributed by atoms with Gasteiger partial charge in [0.25, 0.3) is 0 Å². The topological polar surface area (TPSA) is 30.5 Å². The van der Waals surface area contributed by atoms with E-state index in [2.05, 4.69) is 36.5 Å². The molecule has 0 heterocycles. The highest BCUT2D eigenvalue weighted by molar-refractivity contribution is 5.25. The van der Waals surface area contributed by atoms with Crippen molar-refractivity contribution in [3.05, 3.63) is 35.4 Å². The number of rotatable bonds is 11. The maximum absolute atomic E-state index is 5.53. The lowest BCUT2D eigenvalue weighted by molar-refractivity contribution is 0.0672. The second-order valence-corrected chi connectivity index (χ2v) is 5.30. The normalized spacial score (nSPS) is 12.6. The molecule has 0 spiro atoms. The van der Waals surface area contributed by atoms with Gasteiger partial charge in [-0.25, -0.2) is 0 Å². The highest BCUT2D eigenvalue weighted by Crippen LogP contribution is 2.16. The predicted octanol–water partition coefficient (Wildman–Crippen LogP) is 2.82. The second kappa shape index (κ2) is 10.8. The number of benzene rings is 1. The summed E-state index contributed by atoms with van der Waals surface area (Å²) in [7, 11) is 3.73. The van der Waals surface area contributed by atoms with E-state index in [-0.39, 0.29) is 0 Å². The Hall–Kier alpha value is -0.900. The predicted molar refractivity (Wildman–Crippen MR) is 84.2 cm³/mol. The van der Waals surface area contributed by atoms with Crippen molar-refractivity contribution in [3.8, 4) is 0 Å². The molecule has 0 aliphatic heterocycles. The van der Waals surface area contributed by atoms with E-state index in [4.69, 9.17) is 9.47 Å². The van der Waals surface area contributed by atoms with Crippen molar-refractivity contribution in [2.45, 2.75) is 26.2 Å². The molecule has 0 aromatic heterocycles. The summed E-state index contributed by atoms with van der Waals surface area (Å²) in [6.07, 6.45) is 3.45. The average Bonchev–Trinajstić information content (AvgIpc) is 2.45. The molecule has 0 aliphatic rings. The summed E-state index contributed by atoms with van der Waals surface area (Å²) in [5, 5.41) is 3.31. The van der Waals surface area contributed by atoms with Crippen LogP contribution in [0.3, 0.4) is 0 Å². The van der Waals surface area contributed by atoms with Crippen LogP contribution in [0.25, 0.3) is 0 Å². The van der Waals surface area contributed by atoms with Crippen LogP contribution < -0.4 is 5.32 Å². The summed E-state index contributed by atoms with van der Waals surface area (Å²) in [5.74, 6) is 0.673. The minimum atomic E-state index is 0.673. The van der Waals surface area contributed by atoms with E-state index in [1.54, 1.807) is 7.11 Å². The summed E-state index contributed by atoms with van der Waals surface area (Å²) in [4.78, 5) is 0. The van der Waals surface area contributed by atoms with Crippen LogP contribution in [-0.4, -0.2) is 40.5 Å². The Kier molecular flexibility index (Phi) is 9.29. The van der Waals surface area contributed by atoms with Gasteiger partial charge in [0.2, 0.25) is 0 Å². The third-order valence-corrected chi connectivity index (χ3v) is 3.60. The number of hydrogen-bond acceptors (Lipinski definition) is 3. The lowest BCUT2D eigenvalue weighted by Crippen LogP contribution is -2.21. The quantitative estimate of drug-likeness (QED) is 0.632. The fourth-order valence-electron chi connectivity index (χ4n) is 2.43. The van der Waals surface area contributed by atoms with Crippen molar-refractivity contribution in [1.82, 2.24) is 5.32 Å². The minimum absolute atomic E-state index is 0.673. The molecule has 3 nitrogen and oxygen atoms in total. The van der Waals surface area contributed by atoms with Gasteiger partial charge in [0.05, 0.1) is 13.2 Å². The first kappa shape index (κ1) is 17.2. The van der Waals surface area contributed by atoms with Crippen LogP contribution >= 0.6 is 0 Å². The van der Waals surface area contributed by atoms with Crippen LogP contribution in [0.15, 0.2) is 24.3 Å². The van der Waals surface area contributed by atoms with E-state index < -0.39 is 0 Å². The summed E-state index contributed by atoms with van der Waals surface area (Å²) < 4.78 is 10.5. The van der Waals surface area contributed by atoms with Gasteiger partial charge in [-0.1, -0.05) is 24.3 Å². The Bertz CT molecular complexity index is 355. The van der Waals surface area contributed by atoms with Crippen LogP contribution in [0.2, 0.25) is 0 Å². The minimum Gasteiger partial charge on any atom is -0.382 e. The standard InChI is InChI=1S/C17H29NO2/c1-15-7-4-5-9-17(15)13-16(14-18-2)8-6-10-20-12-11-19-3/h4-5,7,9,16,18H,6,8,10-14H2,1-3H3. The Morgan fingerprint density at radius 3 is 2.65 bits per heavy atom. The van der Waals surface area contributed by atoms with Crippen molar-refractivity contribution >= 4 is 0 Å². The van der Waals surface area contributed by atoms with Gasteiger partial charge >= 0.3 is 0 Å². The Balaban J connectivity index is 2.31. The van der Waals surface area contributed by atoms with Gasteiger partial charge in [-0.2, -0.15) is 0 Å². The molecule has 0 aliphatic carbocycles. The van der Waals surface area contributed by atoms with Crippen molar-refractivity contribution in [1.29, 1.82) is 0 Å². The van der Waals surface area contributed by atoms with Gasteiger partial charge in [0, 0.05) is 13.7 Å². The summed E-state index contributed by atoms with van der Waals surface area (Å²) in [5.41, 5.74) is 2.86. The highest BCUT2D eigenvalue weighted by atomic mass is 16.5. The van der Waals surface area contributed by atoms with Crippen LogP contribution in [0.5, 0.6) is 0 Å². The Morgan fingerprint density at radius 2 is 1.95 bits per heavy atom. The molecule has 3 heteroatoms. The maximum atomic E-state index is 5.53. The monoisotopic (exact) mass is 279 g/mol. The molecule has 0 saturated carbocycles. The van der Waals surface area contributed by atoms with Gasteiger partial charge in [-0.15, -0.1) is 0 Å². The maximum Gasteiger partial charge on any atom is 0.0700 e. The molecule has 0 fully saturated rings. The van der Waals surface area contributed by atoms with E-state index in [1.165, 1.54) is 17.5 Å². The van der Waals surface area contributed by atoms with Crippen LogP contribution in [-0.2, 0) is 15.9 Å². The van der Waals surface area contributed by atoms with E-state index in [1.807, 2.05) is 7.05 Å². The molecule has 114 valence electrons. The fraction of sp³-hybridized carbons (Fsp3) is 0.647. The third-order valence-electron chi connectivity index (χ3n) is 3.60. The first-order valence-corrected chi connectivity index (χ1v) is 7.53. The third kappa shape index (κ3) is 7.04. The molecule has 0 amide bonds. The molecule has 20 heavy (non-hydrogen) atoms. The number of hydrogen-bond donors (Lipinski definition) is 1. The van der Waals surface area contributed by atoms with Crippen LogP contribution in [0.1, 0.15) is 24.0 Å². The van der Waals surface area contributed by atoms with Gasteiger partial charge in [0.1, 0.15) is 0 Å². The molecule has 0 saturated heterocycles. The molecule has 1 aromatic carbocycles. The van der Waals surface area contributed by atoms with Crippen molar-refractivity contribution in [2.24, 2.45) is 5.92 Å². The van der Waals surface area contributed by atoms with Crippen molar-refractivity contribution in [3.63, 3.8) is 0 Å². The molecular weight excluding hydrogens is 250 g/mol. The molecule has 1 unspecified atom stereocenters. The van der Waals surface area contributed by atoms with E-state index in [0.29, 0.717) is 19.1 Å². The van der Waals surface area contributed by atoms with Gasteiger partial charge in [-0.3, -0.25) is 0 Å². The van der Waals surface area contributed by atoms with Gasteiger partial charge in [-0.05, 0) is 56.8 Å². The second-order valence-electron chi connectivity index (χ2n) is 5.30. The largest absolute Gasteiger partial charge is 0.382 e. The summed E-state index contributed by atoms with van der Waals surface area (Å²) in [6, 6.07) is 8.68. The number of nitrogens with one attached hydrogen (secondary N) is 1. The molecule has 1 atom stereocenters. The number of methoxy groups -OCH3 is 1. The average molecular weight is 279 g/mol. The van der Waals surface area contributed by atoms with E-state index in [0.717, 1.165) is 26.0 Å². The van der Waals surface area contributed by atoms with Gasteiger partial charge < -0.3 is 14.8 Å². The Morgan fingerprint density at radius 1 is 1.15 bits per heavy atom. The molecular formula is C17H29NO2. The fourth-order valence-corrected chi connectivity index (χ4v) is 2.43. The zero-order valence-corrected chi connectivity index (χ0v) is 13.2. The van der Waals surface area contributed by atoms with E-state index in [9.17, 15) is 0 Å². The summed E-state index contributed by atoms with van der Waals surface area (Å²) >= 11 is 0. The SMILES string of the molecule is CNCC(CCCOCCOC)Cc1ccccc1C. The molecule has 1 rings (SSSR count). The molecule has 0 radical (unpaired) electrons. The molecule has 1 N–H and O–H groups in total. The van der Waals surface area contributed by atoms with Crippen LogP contribution in [0.4, 0.5) is 0 Å². The first-order chi connectivity index (χ1) is 9.77. The lowest BCUT2D eigenvalue weighted by Gasteiger charge is -2.18. The van der Waals surface area contributed by atoms with Crippen molar-refractivity contribution < 1.29 is 9.47 Å². The lowest BCUT2D eigenvalue weighted by atomic mass is 9.92. The Labute approximate surface area is 123 Å². The van der Waals surface area contributed by atoms with Gasteiger partial charge in [0.15, 0.2) is 0 Å².